The van der Waals surface area contributed by atoms with Crippen LogP contribution in [0.1, 0.15) is 24.6 Å². The Bertz CT molecular complexity index is 555. The van der Waals surface area contributed by atoms with Crippen molar-refractivity contribution in [2.45, 2.75) is 18.9 Å². The van der Waals surface area contributed by atoms with Crippen LogP contribution in [-0.2, 0) is 0 Å². The second-order valence-corrected chi connectivity index (χ2v) is 5.47. The Morgan fingerprint density at radius 3 is 3.00 bits per heavy atom. The van der Waals surface area contributed by atoms with Crippen molar-refractivity contribution in [1.29, 1.82) is 0 Å². The zero-order valence-corrected chi connectivity index (χ0v) is 11.3. The van der Waals surface area contributed by atoms with Crippen molar-refractivity contribution in [3.63, 3.8) is 0 Å². The lowest BCUT2D eigenvalue weighted by molar-refractivity contribution is 0.313. The molecule has 4 heteroatoms. The Balaban J connectivity index is 2.16. The van der Waals surface area contributed by atoms with Crippen molar-refractivity contribution in [2.24, 2.45) is 0 Å². The van der Waals surface area contributed by atoms with Gasteiger partial charge in [-0.2, -0.15) is 0 Å². The molecule has 2 aromatic rings. The third-order valence-corrected chi connectivity index (χ3v) is 3.96. The highest BCUT2D eigenvalue weighted by Crippen LogP contribution is 2.33. The van der Waals surface area contributed by atoms with Gasteiger partial charge in [0.05, 0.1) is 17.3 Å². The molecule has 0 amide bonds. The normalized spacial score (nSPS) is 21.2. The Kier molecular flexibility index (Phi) is 2.84. The summed E-state index contributed by atoms with van der Waals surface area (Å²) >= 11 is 3.48. The van der Waals surface area contributed by atoms with Crippen LogP contribution >= 0.6 is 15.9 Å². The first-order chi connectivity index (χ1) is 8.25. The van der Waals surface area contributed by atoms with Crippen molar-refractivity contribution < 1.29 is 0 Å². The predicted molar refractivity (Wildman–Crippen MR) is 71.8 cm³/mol. The van der Waals surface area contributed by atoms with Crippen molar-refractivity contribution in [2.75, 3.05) is 13.6 Å². The monoisotopic (exact) mass is 291 g/mol. The molecule has 0 spiro atoms. The number of hydrogen-bond acceptors (Lipinski definition) is 3. The van der Waals surface area contributed by atoms with Gasteiger partial charge in [0.25, 0.3) is 0 Å². The SMILES string of the molecule is CN1CCCC1c1ncnc2cc(Br)ccc12. The highest BCUT2D eigenvalue weighted by atomic mass is 79.9. The molecule has 2 heterocycles. The topological polar surface area (TPSA) is 29.0 Å². The minimum Gasteiger partial charge on any atom is -0.298 e. The van der Waals surface area contributed by atoms with Crippen molar-refractivity contribution in [1.82, 2.24) is 14.9 Å². The van der Waals surface area contributed by atoms with Gasteiger partial charge in [-0.25, -0.2) is 9.97 Å². The molecule has 1 aromatic heterocycles. The lowest BCUT2D eigenvalue weighted by atomic mass is 10.1. The molecule has 3 nitrogen and oxygen atoms in total. The molecule has 0 radical (unpaired) electrons. The van der Waals surface area contributed by atoms with E-state index in [-0.39, 0.29) is 0 Å². The molecule has 1 atom stereocenters. The van der Waals surface area contributed by atoms with E-state index in [1.54, 1.807) is 6.33 Å². The number of rotatable bonds is 1. The maximum Gasteiger partial charge on any atom is 0.116 e. The standard InChI is InChI=1S/C13H14BrN3/c1-17-6-2-3-12(17)13-10-5-4-9(14)7-11(10)15-8-16-13/h4-5,7-8,12H,2-3,6H2,1H3. The average molecular weight is 292 g/mol. The zero-order valence-electron chi connectivity index (χ0n) is 9.73. The van der Waals surface area contributed by atoms with Crippen LogP contribution in [0.25, 0.3) is 10.9 Å². The van der Waals surface area contributed by atoms with E-state index in [9.17, 15) is 0 Å². The summed E-state index contributed by atoms with van der Waals surface area (Å²) in [5.41, 5.74) is 2.19. The second-order valence-electron chi connectivity index (χ2n) is 4.56. The molecular formula is C13H14BrN3. The molecule has 1 fully saturated rings. The highest BCUT2D eigenvalue weighted by molar-refractivity contribution is 9.10. The molecule has 3 rings (SSSR count). The predicted octanol–water partition coefficient (Wildman–Crippen LogP) is 3.16. The molecular weight excluding hydrogens is 278 g/mol. The van der Waals surface area contributed by atoms with Crippen LogP contribution in [0.4, 0.5) is 0 Å². The number of aromatic nitrogens is 2. The molecule has 1 aliphatic rings. The van der Waals surface area contributed by atoms with Crippen LogP contribution in [0.5, 0.6) is 0 Å². The fourth-order valence-electron chi connectivity index (χ4n) is 2.57. The third kappa shape index (κ3) is 1.96. The van der Waals surface area contributed by atoms with Gasteiger partial charge in [-0.15, -0.1) is 0 Å². The van der Waals surface area contributed by atoms with Gasteiger partial charge in [0, 0.05) is 9.86 Å². The fraction of sp³-hybridized carbons (Fsp3) is 0.385. The number of halogens is 1. The van der Waals surface area contributed by atoms with Gasteiger partial charge in [-0.1, -0.05) is 15.9 Å². The van der Waals surface area contributed by atoms with Crippen LogP contribution in [0, 0.1) is 0 Å². The van der Waals surface area contributed by atoms with Crippen LogP contribution in [-0.4, -0.2) is 28.5 Å². The first-order valence-electron chi connectivity index (χ1n) is 5.86. The molecule has 17 heavy (non-hydrogen) atoms. The van der Waals surface area contributed by atoms with Crippen molar-refractivity contribution >= 4 is 26.8 Å². The molecule has 1 saturated heterocycles. The highest BCUT2D eigenvalue weighted by Gasteiger charge is 2.25. The van der Waals surface area contributed by atoms with E-state index in [0.717, 1.165) is 16.5 Å². The number of benzene rings is 1. The van der Waals surface area contributed by atoms with E-state index in [4.69, 9.17) is 0 Å². The summed E-state index contributed by atoms with van der Waals surface area (Å²) in [6.07, 6.45) is 4.12. The second kappa shape index (κ2) is 4.35. The summed E-state index contributed by atoms with van der Waals surface area (Å²) in [6.45, 7) is 1.16. The van der Waals surface area contributed by atoms with E-state index >= 15 is 0 Å². The lowest BCUT2D eigenvalue weighted by Gasteiger charge is -2.19. The molecule has 1 unspecified atom stereocenters. The van der Waals surface area contributed by atoms with E-state index in [0.29, 0.717) is 6.04 Å². The van der Waals surface area contributed by atoms with Crippen LogP contribution in [0.2, 0.25) is 0 Å². The first-order valence-corrected chi connectivity index (χ1v) is 6.65. The van der Waals surface area contributed by atoms with Crippen molar-refractivity contribution in [3.05, 3.63) is 34.7 Å². The summed E-state index contributed by atoms with van der Waals surface area (Å²) in [7, 11) is 2.17. The third-order valence-electron chi connectivity index (χ3n) is 3.47. The van der Waals surface area contributed by atoms with E-state index in [1.165, 1.54) is 23.9 Å². The van der Waals surface area contributed by atoms with Gasteiger partial charge in [0.1, 0.15) is 6.33 Å². The Morgan fingerprint density at radius 2 is 2.24 bits per heavy atom. The fourth-order valence-corrected chi connectivity index (χ4v) is 2.92. The summed E-state index contributed by atoms with van der Waals surface area (Å²) in [5, 5.41) is 1.18. The molecule has 1 aliphatic heterocycles. The van der Waals surface area contributed by atoms with Crippen LogP contribution < -0.4 is 0 Å². The molecule has 0 N–H and O–H groups in total. The number of hydrogen-bond donors (Lipinski definition) is 0. The van der Waals surface area contributed by atoms with E-state index in [1.807, 2.05) is 0 Å². The lowest BCUT2D eigenvalue weighted by Crippen LogP contribution is -2.18. The van der Waals surface area contributed by atoms with E-state index < -0.39 is 0 Å². The molecule has 0 aliphatic carbocycles. The molecule has 88 valence electrons. The minimum absolute atomic E-state index is 0.446. The Morgan fingerprint density at radius 1 is 1.35 bits per heavy atom. The van der Waals surface area contributed by atoms with Crippen LogP contribution in [0.15, 0.2) is 29.0 Å². The first kappa shape index (κ1) is 11.1. The maximum atomic E-state index is 4.50. The zero-order chi connectivity index (χ0) is 11.8. The Labute approximate surface area is 109 Å². The van der Waals surface area contributed by atoms with Gasteiger partial charge in [0.2, 0.25) is 0 Å². The summed E-state index contributed by atoms with van der Waals surface area (Å²) in [4.78, 5) is 11.2. The minimum atomic E-state index is 0.446. The Hall–Kier alpha value is -1.000. The molecule has 0 saturated carbocycles. The quantitative estimate of drug-likeness (QED) is 0.808. The van der Waals surface area contributed by atoms with Crippen molar-refractivity contribution in [3.8, 4) is 0 Å². The molecule has 0 bridgehead atoms. The largest absolute Gasteiger partial charge is 0.298 e. The van der Waals surface area contributed by atoms with Gasteiger partial charge in [0.15, 0.2) is 0 Å². The van der Waals surface area contributed by atoms with Gasteiger partial charge < -0.3 is 0 Å². The number of nitrogens with zero attached hydrogens (tertiary/aromatic N) is 3. The van der Waals surface area contributed by atoms with E-state index in [2.05, 4.69) is 56.0 Å². The smallest absolute Gasteiger partial charge is 0.116 e. The summed E-state index contributed by atoms with van der Waals surface area (Å²) in [5.74, 6) is 0. The number of fused-ring (bicyclic) bond motifs is 1. The average Bonchev–Trinajstić information content (AvgIpc) is 2.74. The summed E-state index contributed by atoms with van der Waals surface area (Å²) < 4.78 is 1.06. The van der Waals surface area contributed by atoms with Crippen LogP contribution in [0.3, 0.4) is 0 Å². The van der Waals surface area contributed by atoms with Gasteiger partial charge >= 0.3 is 0 Å². The van der Waals surface area contributed by atoms with Gasteiger partial charge in [-0.3, -0.25) is 4.90 Å². The molecule has 1 aromatic carbocycles. The maximum absolute atomic E-state index is 4.50. The number of likely N-dealkylation sites (tertiary alicyclic amines) is 1. The summed E-state index contributed by atoms with van der Waals surface area (Å²) in [6, 6.07) is 6.67. The van der Waals surface area contributed by atoms with Gasteiger partial charge in [-0.05, 0) is 44.6 Å².